The predicted molar refractivity (Wildman–Crippen MR) is 385 cm³/mol. The number of likely N-dealkylation sites (N-methyl/N-ethyl adjacent to an activating group) is 8. The topological polar surface area (TPSA) is 270 Å². The van der Waals surface area contributed by atoms with Crippen molar-refractivity contribution in [3.05, 3.63) is 105 Å². The third-order valence-electron chi connectivity index (χ3n) is 20.4. The summed E-state index contributed by atoms with van der Waals surface area (Å²) in [6, 6.07) is 3.95. The molecule has 0 radical (unpaired) electrons. The number of alkyl halides is 3. The predicted octanol–water partition coefficient (Wildman–Crippen LogP) is 6.15. The number of amides is 12. The SMILES string of the molecule is CCC(C)[C@H]1C(=O)N(C)[C@H](C(=O)N(C)C)CC(=O)N(C)[C@@H](CC(C)C)C(=O)N[C@@H]([C@@H](C)CC)C(=O)N(C)[C@@H](C)C(=O)N2CC[C@H]2C(=O)N(C)[C@@H](Cc2ccc(C)cc2)C(=O)N(C)CC(=O)N[C@@H](CCc2ccc(C(F)(F)F)c(Cl)c2)C(=O)N(C)[C@@H](Cc2ccccc2F)C(=O)NCCCCC(=O)N1C. The third-order valence-corrected chi connectivity index (χ3v) is 20.7. The molecule has 2 saturated heterocycles. The molecule has 5 rings (SSSR count). The van der Waals surface area contributed by atoms with Crippen LogP contribution in [0.5, 0.6) is 0 Å². The Hall–Kier alpha value is -8.69. The summed E-state index contributed by atoms with van der Waals surface area (Å²) in [5.74, 6) is -10.3. The monoisotopic (exact) mass is 1480 g/mol. The summed E-state index contributed by atoms with van der Waals surface area (Å²) in [6.07, 6.45) is -5.12. The zero-order valence-electron chi connectivity index (χ0n) is 63.2. The molecule has 1 unspecified atom stereocenters. The third kappa shape index (κ3) is 22.2. The van der Waals surface area contributed by atoms with Gasteiger partial charge in [-0.15, -0.1) is 0 Å². The Labute approximate surface area is 614 Å². The number of fused-ring (bicyclic) bond motifs is 1. The Kier molecular flexibility index (Phi) is 31.7. The molecule has 2 aliphatic heterocycles. The number of aryl methyl sites for hydroxylation is 2. The van der Waals surface area contributed by atoms with Gasteiger partial charge in [-0.3, -0.25) is 57.5 Å². The fourth-order valence-electron chi connectivity index (χ4n) is 12.9. The van der Waals surface area contributed by atoms with Crippen molar-refractivity contribution < 1.29 is 75.1 Å². The minimum atomic E-state index is -4.80. The van der Waals surface area contributed by atoms with Gasteiger partial charge in [0.25, 0.3) is 0 Å². The van der Waals surface area contributed by atoms with Gasteiger partial charge >= 0.3 is 6.18 Å². The van der Waals surface area contributed by atoms with Crippen molar-refractivity contribution in [2.75, 3.05) is 83.1 Å². The number of nitrogens with zero attached hydrogens (tertiary/aromatic N) is 9. The van der Waals surface area contributed by atoms with Crippen LogP contribution in [0.4, 0.5) is 17.6 Å². The maximum absolute atomic E-state index is 15.6. The molecule has 29 heteroatoms. The van der Waals surface area contributed by atoms with Crippen LogP contribution < -0.4 is 16.0 Å². The van der Waals surface area contributed by atoms with E-state index in [4.69, 9.17) is 11.6 Å². The van der Waals surface area contributed by atoms with E-state index in [-0.39, 0.29) is 81.5 Å². The molecule has 3 N–H and O–H groups in total. The van der Waals surface area contributed by atoms with Crippen molar-refractivity contribution in [1.29, 1.82) is 0 Å². The highest BCUT2D eigenvalue weighted by molar-refractivity contribution is 6.31. The first-order valence-corrected chi connectivity index (χ1v) is 35.9. The summed E-state index contributed by atoms with van der Waals surface area (Å²) in [5.41, 5.74) is 0.663. The maximum atomic E-state index is 15.6. The number of halogens is 5. The molecule has 3 aromatic carbocycles. The van der Waals surface area contributed by atoms with Crippen molar-refractivity contribution >= 4 is 82.5 Å². The lowest BCUT2D eigenvalue weighted by molar-refractivity contribution is -0.160. The Morgan fingerprint density at radius 1 is 0.654 bits per heavy atom. The summed E-state index contributed by atoms with van der Waals surface area (Å²) in [6.45, 7) is 13.4. The first kappa shape index (κ1) is 86.0. The molecular weight excluding hydrogens is 1370 g/mol. The minimum Gasteiger partial charge on any atom is -0.354 e. The van der Waals surface area contributed by atoms with Gasteiger partial charge in [-0.25, -0.2) is 4.39 Å². The molecule has 0 saturated carbocycles. The second-order valence-electron chi connectivity index (χ2n) is 28.5. The number of benzene rings is 3. The lowest BCUT2D eigenvalue weighted by atomic mass is 9.94. The fraction of sp³-hybridized carbons (Fsp3) is 0.600. The van der Waals surface area contributed by atoms with Gasteiger partial charge in [0.2, 0.25) is 70.9 Å². The summed E-state index contributed by atoms with van der Waals surface area (Å²) in [5, 5.41) is 7.71. The second-order valence-corrected chi connectivity index (χ2v) is 29.0. The molecule has 2 fully saturated rings. The van der Waals surface area contributed by atoms with Crippen molar-refractivity contribution in [2.24, 2.45) is 17.8 Å². The van der Waals surface area contributed by atoms with E-state index in [0.29, 0.717) is 18.4 Å². The highest BCUT2D eigenvalue weighted by Gasteiger charge is 2.47. The summed E-state index contributed by atoms with van der Waals surface area (Å²) >= 11 is 6.13. The smallest absolute Gasteiger partial charge is 0.354 e. The largest absolute Gasteiger partial charge is 0.417 e. The molecule has 2 heterocycles. The summed E-state index contributed by atoms with van der Waals surface area (Å²) in [7, 11) is 12.5. The van der Waals surface area contributed by atoms with E-state index in [1.54, 1.807) is 26.0 Å². The average Bonchev–Trinajstić information content (AvgIpc) is 0.785. The highest BCUT2D eigenvalue weighted by atomic mass is 35.5. The van der Waals surface area contributed by atoms with Crippen LogP contribution >= 0.6 is 11.6 Å². The van der Waals surface area contributed by atoms with Gasteiger partial charge in [0.15, 0.2) is 0 Å². The van der Waals surface area contributed by atoms with Gasteiger partial charge < -0.3 is 60.0 Å². The Morgan fingerprint density at radius 2 is 1.27 bits per heavy atom. The van der Waals surface area contributed by atoms with Crippen LogP contribution in [0.1, 0.15) is 134 Å². The van der Waals surface area contributed by atoms with Gasteiger partial charge in [0.05, 0.1) is 23.6 Å². The second kappa shape index (κ2) is 38.4. The molecule has 104 heavy (non-hydrogen) atoms. The van der Waals surface area contributed by atoms with E-state index in [0.717, 1.165) is 38.5 Å². The Morgan fingerprint density at radius 3 is 1.84 bits per heavy atom. The van der Waals surface area contributed by atoms with E-state index in [9.17, 15) is 65.9 Å². The zero-order valence-corrected chi connectivity index (χ0v) is 64.0. The van der Waals surface area contributed by atoms with E-state index in [1.807, 2.05) is 46.8 Å². The first-order valence-electron chi connectivity index (χ1n) is 35.6. The van der Waals surface area contributed by atoms with E-state index in [2.05, 4.69) is 16.0 Å². The number of hydrogen-bond acceptors (Lipinski definition) is 12. The number of hydrogen-bond donors (Lipinski definition) is 3. The summed E-state index contributed by atoms with van der Waals surface area (Å²) < 4.78 is 57.2. The molecular formula is C75H107ClF4N12O12. The van der Waals surface area contributed by atoms with Gasteiger partial charge in [0.1, 0.15) is 60.2 Å². The molecule has 11 atom stereocenters. The number of rotatable bonds is 14. The van der Waals surface area contributed by atoms with Crippen LogP contribution in [0.2, 0.25) is 5.02 Å². The highest BCUT2D eigenvalue weighted by Crippen LogP contribution is 2.36. The molecule has 0 aromatic heterocycles. The van der Waals surface area contributed by atoms with Gasteiger partial charge in [-0.1, -0.05) is 120 Å². The van der Waals surface area contributed by atoms with Crippen LogP contribution in [0.15, 0.2) is 66.7 Å². The molecule has 0 aliphatic carbocycles. The zero-order chi connectivity index (χ0) is 78.1. The molecule has 2 aliphatic rings. The van der Waals surface area contributed by atoms with Crippen LogP contribution in [0.25, 0.3) is 0 Å². The molecule has 12 amide bonds. The molecule has 0 spiro atoms. The molecule has 574 valence electrons. The van der Waals surface area contributed by atoms with Crippen LogP contribution in [-0.4, -0.2) is 252 Å². The molecule has 0 bridgehead atoms. The number of carbonyl (C=O) groups is 12. The molecule has 3 aromatic rings. The Balaban J connectivity index is 1.61. The van der Waals surface area contributed by atoms with E-state index >= 15 is 9.18 Å². The van der Waals surface area contributed by atoms with Crippen LogP contribution in [-0.2, 0) is 83.0 Å². The normalized spacial score (nSPS) is 24.1. The minimum absolute atomic E-state index is 0.0299. The Bertz CT molecular complexity index is 3560. The number of carbonyl (C=O) groups excluding carboxylic acids is 12. The average molecular weight is 1480 g/mol. The van der Waals surface area contributed by atoms with E-state index < -0.39 is 179 Å². The van der Waals surface area contributed by atoms with Crippen LogP contribution in [0.3, 0.4) is 0 Å². The lowest BCUT2D eigenvalue weighted by Gasteiger charge is -2.45. The van der Waals surface area contributed by atoms with Gasteiger partial charge in [0, 0.05) is 95.8 Å². The quantitative estimate of drug-likeness (QED) is 0.153. The fourth-order valence-corrected chi connectivity index (χ4v) is 13.2. The maximum Gasteiger partial charge on any atom is 0.417 e. The summed E-state index contributed by atoms with van der Waals surface area (Å²) in [4.78, 5) is 187. The van der Waals surface area contributed by atoms with Crippen LogP contribution in [0, 0.1) is 30.5 Å². The van der Waals surface area contributed by atoms with Crippen molar-refractivity contribution in [1.82, 2.24) is 60.0 Å². The first-order chi connectivity index (χ1) is 48.7. The van der Waals surface area contributed by atoms with E-state index in [1.165, 1.54) is 124 Å². The number of nitrogens with one attached hydrogen (secondary N) is 3. The van der Waals surface area contributed by atoms with Crippen molar-refractivity contribution in [3.63, 3.8) is 0 Å². The lowest BCUT2D eigenvalue weighted by Crippen LogP contribution is -2.65. The van der Waals surface area contributed by atoms with Crippen molar-refractivity contribution in [3.8, 4) is 0 Å². The van der Waals surface area contributed by atoms with Gasteiger partial charge in [-0.2, -0.15) is 13.2 Å². The standard InChI is InChI=1S/C75H107ClF4N12O12/c1-18-46(6)64-73(103)86(12)48(8)68(98)92-37-35-56(92)72(102)89(15)59(40-50-29-27-45(5)28-30-50)71(101)85(11)43-61(93)82-55(34-32-49-31-33-52(53(76)39-49)75(78,79)80)69(99)88(14)58(41-51-24-20-21-25-54(51)77)66(96)81-36-23-22-26-62(94)91(17)65(47(7)19-2)74(104)90(16)60(70(100)84(9)10)42-63(95)87(13)57(38-44(3)4)67(97)83-64/h20-21,24-25,27-31,33,39,44,46-48,55-60,64-65H,18-19,22-23,26,32,34-38,40-43H2,1-17H3,(H,81,96)(H,82,93)(H,83,97)/t46-,47?,48-,55-,56-,57-,58-,59-,60-,64-,65-/m0/s1. The van der Waals surface area contributed by atoms with Gasteiger partial charge in [-0.05, 0) is 105 Å². The van der Waals surface area contributed by atoms with Crippen molar-refractivity contribution in [2.45, 2.75) is 193 Å². The molecule has 24 nitrogen and oxygen atoms in total.